The molecule has 2 aliphatic rings. The maximum atomic E-state index is 12.2. The van der Waals surface area contributed by atoms with E-state index in [-0.39, 0.29) is 12.0 Å². The minimum Gasteiger partial charge on any atom is -0.393 e. The fraction of sp³-hybridized carbons (Fsp3) is 0.917. The maximum Gasteiger partial charge on any atom is 0.227 e. The molecule has 1 amide bonds. The molecule has 1 saturated carbocycles. The fourth-order valence-corrected chi connectivity index (χ4v) is 2.58. The Morgan fingerprint density at radius 3 is 2.59 bits per heavy atom. The molecule has 0 spiro atoms. The van der Waals surface area contributed by atoms with Gasteiger partial charge in [-0.05, 0) is 31.6 Å². The largest absolute Gasteiger partial charge is 0.393 e. The van der Waals surface area contributed by atoms with Gasteiger partial charge in [-0.25, -0.2) is 0 Å². The van der Waals surface area contributed by atoms with Gasteiger partial charge in [0.25, 0.3) is 0 Å². The van der Waals surface area contributed by atoms with Crippen molar-refractivity contribution >= 4 is 5.91 Å². The lowest BCUT2D eigenvalue weighted by Gasteiger charge is -2.36. The van der Waals surface area contributed by atoms with Crippen molar-refractivity contribution in [2.75, 3.05) is 26.3 Å². The van der Waals surface area contributed by atoms with Crippen LogP contribution in [-0.4, -0.2) is 43.4 Å². The highest BCUT2D eigenvalue weighted by Crippen LogP contribution is 2.30. The molecule has 5 nitrogen and oxygen atoms in total. The summed E-state index contributed by atoms with van der Waals surface area (Å²) >= 11 is 0. The number of rotatable bonds is 4. The van der Waals surface area contributed by atoms with Crippen LogP contribution in [0.1, 0.15) is 25.7 Å². The number of hydrogen-bond acceptors (Lipinski definition) is 4. The topological polar surface area (TPSA) is 84.6 Å². The molecule has 1 saturated heterocycles. The number of nitrogens with two attached hydrogens (primary N) is 1. The third-order valence-corrected chi connectivity index (χ3v) is 4.08. The molecule has 1 heterocycles. The van der Waals surface area contributed by atoms with Crippen LogP contribution in [0.5, 0.6) is 0 Å². The van der Waals surface area contributed by atoms with Gasteiger partial charge in [-0.1, -0.05) is 0 Å². The van der Waals surface area contributed by atoms with E-state index in [1.807, 2.05) is 0 Å². The van der Waals surface area contributed by atoms with Crippen LogP contribution in [-0.2, 0) is 9.53 Å². The molecule has 98 valence electrons. The van der Waals surface area contributed by atoms with Crippen LogP contribution in [0.4, 0.5) is 0 Å². The Labute approximate surface area is 102 Å². The molecule has 2 fully saturated rings. The minimum atomic E-state index is -0.430. The van der Waals surface area contributed by atoms with Crippen molar-refractivity contribution in [2.24, 2.45) is 17.1 Å². The van der Waals surface area contributed by atoms with Crippen LogP contribution >= 0.6 is 0 Å². The van der Waals surface area contributed by atoms with Crippen molar-refractivity contribution in [3.63, 3.8) is 0 Å². The number of ether oxygens (including phenoxy) is 1. The van der Waals surface area contributed by atoms with Crippen LogP contribution < -0.4 is 11.1 Å². The Kier molecular flexibility index (Phi) is 4.01. The second-order valence-electron chi connectivity index (χ2n) is 5.30. The Bertz CT molecular complexity index is 271. The standard InChI is InChI=1S/C12H22N2O3/c13-8-12(1-3-17-4-2-12)11(16)14-7-9-5-10(15)6-9/h9-10,15H,1-8,13H2,(H,14,16). The van der Waals surface area contributed by atoms with Crippen LogP contribution in [0.2, 0.25) is 0 Å². The molecular weight excluding hydrogens is 220 g/mol. The van der Waals surface area contributed by atoms with Gasteiger partial charge < -0.3 is 20.9 Å². The summed E-state index contributed by atoms with van der Waals surface area (Å²) in [4.78, 5) is 12.2. The average Bonchev–Trinajstić information content (AvgIpc) is 2.33. The van der Waals surface area contributed by atoms with Crippen molar-refractivity contribution < 1.29 is 14.6 Å². The zero-order valence-electron chi connectivity index (χ0n) is 10.2. The zero-order chi connectivity index (χ0) is 12.3. The van der Waals surface area contributed by atoms with Crippen molar-refractivity contribution in [1.82, 2.24) is 5.32 Å². The molecule has 0 radical (unpaired) electrons. The van der Waals surface area contributed by atoms with Crippen LogP contribution in [0.15, 0.2) is 0 Å². The van der Waals surface area contributed by atoms with E-state index in [2.05, 4.69) is 5.32 Å². The summed E-state index contributed by atoms with van der Waals surface area (Å²) < 4.78 is 5.28. The summed E-state index contributed by atoms with van der Waals surface area (Å²) in [6.45, 7) is 2.29. The van der Waals surface area contributed by atoms with Crippen molar-refractivity contribution in [3.8, 4) is 0 Å². The molecule has 1 aliphatic heterocycles. The maximum absolute atomic E-state index is 12.2. The van der Waals surface area contributed by atoms with Gasteiger partial charge in [0.1, 0.15) is 0 Å². The van der Waals surface area contributed by atoms with E-state index in [1.165, 1.54) is 0 Å². The van der Waals surface area contributed by atoms with Crippen LogP contribution in [0.3, 0.4) is 0 Å². The molecule has 4 N–H and O–H groups in total. The fourth-order valence-electron chi connectivity index (χ4n) is 2.58. The van der Waals surface area contributed by atoms with E-state index >= 15 is 0 Å². The van der Waals surface area contributed by atoms with Crippen molar-refractivity contribution in [1.29, 1.82) is 0 Å². The smallest absolute Gasteiger partial charge is 0.227 e. The van der Waals surface area contributed by atoms with Gasteiger partial charge in [0.2, 0.25) is 5.91 Å². The molecular formula is C12H22N2O3. The summed E-state index contributed by atoms with van der Waals surface area (Å²) in [6.07, 6.45) is 2.87. The SMILES string of the molecule is NCC1(C(=O)NCC2CC(O)C2)CCOCC1. The minimum absolute atomic E-state index is 0.0599. The quantitative estimate of drug-likeness (QED) is 0.628. The third kappa shape index (κ3) is 2.78. The predicted molar refractivity (Wildman–Crippen MR) is 63.3 cm³/mol. The van der Waals surface area contributed by atoms with E-state index in [0.29, 0.717) is 45.1 Å². The number of nitrogens with one attached hydrogen (secondary N) is 1. The average molecular weight is 242 g/mol. The summed E-state index contributed by atoms with van der Waals surface area (Å²) in [5, 5.41) is 12.2. The highest BCUT2D eigenvalue weighted by atomic mass is 16.5. The normalized spacial score (nSPS) is 31.6. The Balaban J connectivity index is 1.80. The number of aliphatic hydroxyl groups is 1. The number of hydrogen-bond donors (Lipinski definition) is 3. The first-order valence-corrected chi connectivity index (χ1v) is 6.40. The number of carbonyl (C=O) groups is 1. The van der Waals surface area contributed by atoms with Gasteiger partial charge in [0.05, 0.1) is 11.5 Å². The number of aliphatic hydroxyl groups excluding tert-OH is 1. The first-order chi connectivity index (χ1) is 8.16. The van der Waals surface area contributed by atoms with Gasteiger partial charge in [0.15, 0.2) is 0 Å². The Morgan fingerprint density at radius 2 is 2.06 bits per heavy atom. The monoisotopic (exact) mass is 242 g/mol. The van der Waals surface area contributed by atoms with Gasteiger partial charge >= 0.3 is 0 Å². The van der Waals surface area contributed by atoms with Gasteiger partial charge in [-0.15, -0.1) is 0 Å². The van der Waals surface area contributed by atoms with E-state index in [0.717, 1.165) is 12.8 Å². The van der Waals surface area contributed by atoms with E-state index in [1.54, 1.807) is 0 Å². The Morgan fingerprint density at radius 1 is 1.41 bits per heavy atom. The van der Waals surface area contributed by atoms with Crippen LogP contribution in [0, 0.1) is 11.3 Å². The van der Waals surface area contributed by atoms with E-state index in [9.17, 15) is 9.90 Å². The first-order valence-electron chi connectivity index (χ1n) is 6.40. The first kappa shape index (κ1) is 12.8. The van der Waals surface area contributed by atoms with Crippen LogP contribution in [0.25, 0.3) is 0 Å². The number of amides is 1. The molecule has 0 unspecified atom stereocenters. The highest BCUT2D eigenvalue weighted by Gasteiger charge is 2.39. The van der Waals surface area contributed by atoms with Gasteiger partial charge in [-0.2, -0.15) is 0 Å². The summed E-state index contributed by atoms with van der Waals surface area (Å²) in [6, 6.07) is 0. The lowest BCUT2D eigenvalue weighted by molar-refractivity contribution is -0.136. The Hall–Kier alpha value is -0.650. The summed E-state index contributed by atoms with van der Waals surface area (Å²) in [7, 11) is 0. The third-order valence-electron chi connectivity index (χ3n) is 4.08. The summed E-state index contributed by atoms with van der Waals surface area (Å²) in [5.74, 6) is 0.494. The van der Waals surface area contributed by atoms with E-state index in [4.69, 9.17) is 10.5 Å². The van der Waals surface area contributed by atoms with Gasteiger partial charge in [0, 0.05) is 26.3 Å². The number of carbonyl (C=O) groups excluding carboxylic acids is 1. The lowest BCUT2D eigenvalue weighted by atomic mass is 9.78. The molecule has 17 heavy (non-hydrogen) atoms. The molecule has 0 aromatic carbocycles. The van der Waals surface area contributed by atoms with Crippen molar-refractivity contribution in [3.05, 3.63) is 0 Å². The molecule has 0 aromatic heterocycles. The zero-order valence-corrected chi connectivity index (χ0v) is 10.2. The van der Waals surface area contributed by atoms with Crippen molar-refractivity contribution in [2.45, 2.75) is 31.8 Å². The van der Waals surface area contributed by atoms with E-state index < -0.39 is 5.41 Å². The molecule has 1 aliphatic carbocycles. The molecule has 2 rings (SSSR count). The second-order valence-corrected chi connectivity index (χ2v) is 5.30. The molecule has 0 atom stereocenters. The molecule has 5 heteroatoms. The second kappa shape index (κ2) is 5.33. The molecule has 0 aromatic rings. The lowest BCUT2D eigenvalue weighted by Crippen LogP contribution is -2.51. The predicted octanol–water partition coefficient (Wildman–Crippen LogP) is -0.371. The highest BCUT2D eigenvalue weighted by molar-refractivity contribution is 5.83. The van der Waals surface area contributed by atoms with Gasteiger partial charge in [-0.3, -0.25) is 4.79 Å². The molecule has 0 bridgehead atoms. The summed E-state index contributed by atoms with van der Waals surface area (Å²) in [5.41, 5.74) is 5.33.